The third-order valence-corrected chi connectivity index (χ3v) is 7.25. The molecule has 0 saturated carbocycles. The van der Waals surface area contributed by atoms with Crippen molar-refractivity contribution >= 4 is 51.4 Å². The Kier molecular flexibility index (Phi) is 8.64. The molecular formula is C29H30N4O6S. The average Bonchev–Trinajstić information content (AvgIpc) is 3.40. The molecular weight excluding hydrogens is 532 g/mol. The van der Waals surface area contributed by atoms with Crippen LogP contribution in [0, 0.1) is 5.92 Å². The number of thiazole rings is 1. The fraction of sp³-hybridized carbons (Fsp3) is 0.276. The minimum atomic E-state index is -0.780. The second-order valence-electron chi connectivity index (χ2n) is 9.11. The predicted molar refractivity (Wildman–Crippen MR) is 154 cm³/mol. The number of anilines is 3. The number of esters is 2. The van der Waals surface area contributed by atoms with Gasteiger partial charge in [0, 0.05) is 40.9 Å². The van der Waals surface area contributed by atoms with Crippen LogP contribution in [-0.4, -0.2) is 49.9 Å². The number of aromatic nitrogens is 1. The number of amides is 1. The van der Waals surface area contributed by atoms with Gasteiger partial charge in [-0.15, -0.1) is 11.3 Å². The van der Waals surface area contributed by atoms with Crippen LogP contribution < -0.4 is 15.4 Å². The summed E-state index contributed by atoms with van der Waals surface area (Å²) in [6.45, 7) is 4.92. The molecule has 1 aromatic heterocycles. The van der Waals surface area contributed by atoms with Gasteiger partial charge in [0.2, 0.25) is 5.91 Å². The molecule has 0 bridgehead atoms. The van der Waals surface area contributed by atoms with Crippen molar-refractivity contribution in [3.05, 3.63) is 64.7 Å². The van der Waals surface area contributed by atoms with E-state index in [1.807, 2.05) is 41.8 Å². The second kappa shape index (κ2) is 12.1. The molecule has 2 unspecified atom stereocenters. The zero-order valence-electron chi connectivity index (χ0n) is 23.0. The van der Waals surface area contributed by atoms with E-state index in [4.69, 9.17) is 19.2 Å². The van der Waals surface area contributed by atoms with Crippen LogP contribution >= 0.6 is 11.3 Å². The van der Waals surface area contributed by atoms with E-state index in [1.54, 1.807) is 27.0 Å². The zero-order chi connectivity index (χ0) is 29.0. The van der Waals surface area contributed by atoms with Crippen LogP contribution in [0.5, 0.6) is 5.75 Å². The minimum Gasteiger partial charge on any atom is -0.495 e. The van der Waals surface area contributed by atoms with Crippen molar-refractivity contribution in [2.24, 2.45) is 10.9 Å². The molecule has 208 valence electrons. The molecule has 2 atom stereocenters. The van der Waals surface area contributed by atoms with Crippen molar-refractivity contribution in [2.45, 2.75) is 26.7 Å². The fourth-order valence-electron chi connectivity index (χ4n) is 4.76. The number of benzene rings is 2. The van der Waals surface area contributed by atoms with Crippen LogP contribution in [0.1, 0.15) is 32.3 Å². The molecule has 40 heavy (non-hydrogen) atoms. The number of hydrogen-bond acceptors (Lipinski definition) is 10. The van der Waals surface area contributed by atoms with Gasteiger partial charge in [-0.25, -0.2) is 9.78 Å². The lowest BCUT2D eigenvalue weighted by Gasteiger charge is -2.31. The molecule has 0 radical (unpaired) electrons. The highest BCUT2D eigenvalue weighted by Gasteiger charge is 2.42. The lowest BCUT2D eigenvalue weighted by atomic mass is 9.75. The van der Waals surface area contributed by atoms with Gasteiger partial charge in [0.05, 0.1) is 38.3 Å². The monoisotopic (exact) mass is 562 g/mol. The normalized spacial score (nSPS) is 16.6. The number of nitrogens with one attached hydrogen (secondary N) is 2. The molecule has 10 nitrogen and oxygen atoms in total. The molecule has 0 aliphatic carbocycles. The molecule has 1 aliphatic heterocycles. The molecule has 1 amide bonds. The number of nitrogens with zero attached hydrogens (tertiary/aromatic N) is 2. The van der Waals surface area contributed by atoms with E-state index in [0.29, 0.717) is 39.2 Å². The van der Waals surface area contributed by atoms with E-state index < -0.39 is 23.8 Å². The standard InChI is InChI=1S/C29H30N4O6S/c1-15-24(27(35)38-5)26(25(16(2)30-15)28(36)39-6)19-8-7-9-20(12-19)32-29-33-22(14-40-29)18-10-11-23(37-4)21(13-18)31-17(3)34/h7-14,24,26H,1-6H3,(H,31,34)(H,32,33). The number of methoxy groups -OCH3 is 3. The molecule has 1 aliphatic rings. The minimum absolute atomic E-state index is 0.203. The summed E-state index contributed by atoms with van der Waals surface area (Å²) >= 11 is 1.41. The van der Waals surface area contributed by atoms with Crippen molar-refractivity contribution < 1.29 is 28.6 Å². The van der Waals surface area contributed by atoms with Crippen LogP contribution in [0.25, 0.3) is 11.3 Å². The first-order chi connectivity index (χ1) is 19.2. The molecule has 0 spiro atoms. The number of aliphatic imine (C=N–C) groups is 1. The Bertz CT molecular complexity index is 1530. The first kappa shape index (κ1) is 28.5. The largest absolute Gasteiger partial charge is 0.495 e. The Morgan fingerprint density at radius 2 is 1.77 bits per heavy atom. The van der Waals surface area contributed by atoms with Gasteiger partial charge < -0.3 is 24.8 Å². The summed E-state index contributed by atoms with van der Waals surface area (Å²) in [4.78, 5) is 46.4. The summed E-state index contributed by atoms with van der Waals surface area (Å²) in [6, 6.07) is 12.9. The summed E-state index contributed by atoms with van der Waals surface area (Å²) in [5.41, 5.74) is 4.89. The number of carbonyl (C=O) groups is 3. The number of carbonyl (C=O) groups excluding carboxylic acids is 3. The predicted octanol–water partition coefficient (Wildman–Crippen LogP) is 5.32. The smallest absolute Gasteiger partial charge is 0.336 e. The van der Waals surface area contributed by atoms with Crippen LogP contribution in [0.2, 0.25) is 0 Å². The molecule has 0 fully saturated rings. The highest BCUT2D eigenvalue weighted by Crippen LogP contribution is 2.41. The topological polar surface area (TPSA) is 128 Å². The van der Waals surface area contributed by atoms with Crippen LogP contribution in [0.3, 0.4) is 0 Å². The van der Waals surface area contributed by atoms with E-state index >= 15 is 0 Å². The number of allylic oxidation sites excluding steroid dienone is 1. The maximum absolute atomic E-state index is 12.8. The third kappa shape index (κ3) is 5.89. The summed E-state index contributed by atoms with van der Waals surface area (Å²) in [6.07, 6.45) is 0. The summed E-state index contributed by atoms with van der Waals surface area (Å²) in [5.74, 6) is -2.11. The van der Waals surface area contributed by atoms with Gasteiger partial charge in [-0.3, -0.25) is 14.6 Å². The summed E-state index contributed by atoms with van der Waals surface area (Å²) in [7, 11) is 4.16. The van der Waals surface area contributed by atoms with E-state index in [-0.39, 0.29) is 5.91 Å². The Morgan fingerprint density at radius 1 is 1.00 bits per heavy atom. The molecule has 0 saturated heterocycles. The zero-order valence-corrected chi connectivity index (χ0v) is 23.8. The number of ether oxygens (including phenoxy) is 3. The molecule has 4 rings (SSSR count). The van der Waals surface area contributed by atoms with Gasteiger partial charge in [-0.1, -0.05) is 12.1 Å². The lowest BCUT2D eigenvalue weighted by molar-refractivity contribution is -0.143. The van der Waals surface area contributed by atoms with Crippen molar-refractivity contribution in [3.63, 3.8) is 0 Å². The SMILES string of the molecule is COC(=O)C1=C(C)N=C(C)C(C(=O)OC)C1c1cccc(Nc2nc(-c3ccc(OC)c(NC(C)=O)c3)cs2)c1. The van der Waals surface area contributed by atoms with E-state index in [0.717, 1.165) is 16.8 Å². The Morgan fingerprint density at radius 3 is 2.45 bits per heavy atom. The number of hydrogen-bond donors (Lipinski definition) is 2. The fourth-order valence-corrected chi connectivity index (χ4v) is 5.50. The Labute approximate surface area is 236 Å². The Balaban J connectivity index is 1.66. The van der Waals surface area contributed by atoms with Crippen LogP contribution in [0.15, 0.2) is 64.1 Å². The van der Waals surface area contributed by atoms with Crippen molar-refractivity contribution in [1.29, 1.82) is 0 Å². The van der Waals surface area contributed by atoms with Gasteiger partial charge >= 0.3 is 11.9 Å². The number of rotatable bonds is 8. The highest BCUT2D eigenvalue weighted by molar-refractivity contribution is 7.14. The van der Waals surface area contributed by atoms with Crippen LogP contribution in [0.4, 0.5) is 16.5 Å². The van der Waals surface area contributed by atoms with Gasteiger partial charge in [0.25, 0.3) is 0 Å². The lowest BCUT2D eigenvalue weighted by Crippen LogP contribution is -2.36. The first-order valence-electron chi connectivity index (χ1n) is 12.4. The van der Waals surface area contributed by atoms with Gasteiger partial charge in [0.15, 0.2) is 5.13 Å². The second-order valence-corrected chi connectivity index (χ2v) is 9.97. The average molecular weight is 563 g/mol. The summed E-state index contributed by atoms with van der Waals surface area (Å²) < 4.78 is 15.5. The van der Waals surface area contributed by atoms with Crippen LogP contribution in [-0.2, 0) is 23.9 Å². The molecule has 11 heteroatoms. The van der Waals surface area contributed by atoms with E-state index in [9.17, 15) is 14.4 Å². The van der Waals surface area contributed by atoms with Crippen molar-refractivity contribution in [2.75, 3.05) is 32.0 Å². The maximum atomic E-state index is 12.8. The van der Waals surface area contributed by atoms with E-state index in [2.05, 4.69) is 15.6 Å². The molecule has 2 heterocycles. The van der Waals surface area contributed by atoms with Gasteiger partial charge in [-0.05, 0) is 49.7 Å². The van der Waals surface area contributed by atoms with Crippen molar-refractivity contribution in [1.82, 2.24) is 4.98 Å². The van der Waals surface area contributed by atoms with Gasteiger partial charge in [-0.2, -0.15) is 0 Å². The highest BCUT2D eigenvalue weighted by atomic mass is 32.1. The van der Waals surface area contributed by atoms with Gasteiger partial charge in [0.1, 0.15) is 11.7 Å². The summed E-state index contributed by atoms with van der Waals surface area (Å²) in [5, 5.41) is 8.63. The Hall–Kier alpha value is -4.51. The van der Waals surface area contributed by atoms with E-state index in [1.165, 1.54) is 32.5 Å². The first-order valence-corrected chi connectivity index (χ1v) is 13.2. The quantitative estimate of drug-likeness (QED) is 0.353. The molecule has 3 aromatic rings. The maximum Gasteiger partial charge on any atom is 0.336 e. The molecule has 2 N–H and O–H groups in total. The van der Waals surface area contributed by atoms with Crippen molar-refractivity contribution in [3.8, 4) is 17.0 Å². The third-order valence-electron chi connectivity index (χ3n) is 6.50. The molecule has 2 aromatic carbocycles.